The molecule has 102 valence electrons. The molecule has 9 heteroatoms. The molecule has 0 aliphatic carbocycles. The monoisotopic (exact) mass is 291 g/mol. The Bertz CT molecular complexity index is 683. The Labute approximate surface area is 119 Å². The van der Waals surface area contributed by atoms with Crippen molar-refractivity contribution in [1.29, 1.82) is 0 Å². The first-order valence-electron chi connectivity index (χ1n) is 5.71. The predicted molar refractivity (Wildman–Crippen MR) is 70.6 cm³/mol. The number of halogens is 1. The van der Waals surface area contributed by atoms with E-state index >= 15 is 0 Å². The summed E-state index contributed by atoms with van der Waals surface area (Å²) < 4.78 is 6.45. The maximum absolute atomic E-state index is 5.92. The molecule has 3 aromatic rings. The Morgan fingerprint density at radius 1 is 1.35 bits per heavy atom. The van der Waals surface area contributed by atoms with Crippen molar-refractivity contribution in [3.63, 3.8) is 0 Å². The van der Waals surface area contributed by atoms with Crippen molar-refractivity contribution in [3.8, 4) is 5.95 Å². The molecule has 8 nitrogen and oxygen atoms in total. The van der Waals surface area contributed by atoms with Gasteiger partial charge in [0, 0.05) is 19.2 Å². The van der Waals surface area contributed by atoms with E-state index in [2.05, 4.69) is 25.0 Å². The quantitative estimate of drug-likeness (QED) is 0.717. The number of hydrogen-bond donors (Lipinski definition) is 0. The maximum atomic E-state index is 5.92. The van der Waals surface area contributed by atoms with Gasteiger partial charge in [0.25, 0.3) is 5.95 Å². The molecule has 0 saturated carbocycles. The third-order valence-corrected chi connectivity index (χ3v) is 2.72. The summed E-state index contributed by atoms with van der Waals surface area (Å²) in [6.07, 6.45) is 6.17. The first-order valence-corrected chi connectivity index (χ1v) is 6.09. The van der Waals surface area contributed by atoms with Gasteiger partial charge in [-0.05, 0) is 17.7 Å². The number of furan rings is 1. The summed E-state index contributed by atoms with van der Waals surface area (Å²) in [6.45, 7) is 0.591. The molecule has 0 spiro atoms. The van der Waals surface area contributed by atoms with Gasteiger partial charge in [0.05, 0.1) is 12.5 Å². The van der Waals surface area contributed by atoms with Gasteiger partial charge in [-0.1, -0.05) is 0 Å². The summed E-state index contributed by atoms with van der Waals surface area (Å²) in [5.74, 6) is 0.758. The molecule has 0 amide bonds. The fourth-order valence-corrected chi connectivity index (χ4v) is 1.79. The third kappa shape index (κ3) is 2.59. The zero-order chi connectivity index (χ0) is 13.9. The molecule has 0 radical (unpaired) electrons. The van der Waals surface area contributed by atoms with E-state index in [0.29, 0.717) is 18.4 Å². The van der Waals surface area contributed by atoms with E-state index in [1.807, 2.05) is 18.0 Å². The Kier molecular flexibility index (Phi) is 3.30. The molecule has 0 saturated heterocycles. The molecule has 3 heterocycles. The van der Waals surface area contributed by atoms with Crippen LogP contribution >= 0.6 is 11.6 Å². The predicted octanol–water partition coefficient (Wildman–Crippen LogP) is 1.34. The minimum atomic E-state index is 0.0968. The van der Waals surface area contributed by atoms with Crippen molar-refractivity contribution in [2.45, 2.75) is 6.54 Å². The van der Waals surface area contributed by atoms with Crippen LogP contribution in [0.2, 0.25) is 5.28 Å². The van der Waals surface area contributed by atoms with E-state index in [4.69, 9.17) is 16.0 Å². The lowest BCUT2D eigenvalue weighted by Crippen LogP contribution is -2.20. The highest BCUT2D eigenvalue weighted by atomic mass is 35.5. The second-order valence-corrected chi connectivity index (χ2v) is 4.37. The van der Waals surface area contributed by atoms with Gasteiger partial charge in [-0.2, -0.15) is 24.7 Å². The number of nitrogens with zero attached hydrogens (tertiary/aromatic N) is 7. The minimum Gasteiger partial charge on any atom is -0.472 e. The Morgan fingerprint density at radius 3 is 2.95 bits per heavy atom. The molecule has 0 atom stereocenters. The number of aromatic nitrogens is 6. The highest BCUT2D eigenvalue weighted by Crippen LogP contribution is 2.14. The van der Waals surface area contributed by atoms with Crippen LogP contribution in [0.1, 0.15) is 5.56 Å². The second kappa shape index (κ2) is 5.25. The maximum Gasteiger partial charge on any atom is 0.258 e. The van der Waals surface area contributed by atoms with Crippen LogP contribution in [0.25, 0.3) is 5.95 Å². The first kappa shape index (κ1) is 12.5. The fourth-order valence-electron chi connectivity index (χ4n) is 1.64. The van der Waals surface area contributed by atoms with Gasteiger partial charge in [-0.15, -0.1) is 0 Å². The molecule has 0 bridgehead atoms. The fraction of sp³-hybridized carbons (Fsp3) is 0.182. The minimum absolute atomic E-state index is 0.0968. The standard InChI is InChI=1S/C11H10ClN7O/c1-18(4-8-2-3-20-5-8)10-15-9(12)16-11(17-10)19-7-13-6-14-19/h2-3,5-7H,4H2,1H3. The van der Waals surface area contributed by atoms with Crippen molar-refractivity contribution in [3.05, 3.63) is 42.1 Å². The molecule has 3 rings (SSSR count). The molecule has 0 fully saturated rings. The van der Waals surface area contributed by atoms with Crippen LogP contribution in [0, 0.1) is 0 Å². The Morgan fingerprint density at radius 2 is 2.25 bits per heavy atom. The Hall–Kier alpha value is -2.48. The lowest BCUT2D eigenvalue weighted by atomic mass is 10.3. The van der Waals surface area contributed by atoms with E-state index in [1.54, 1.807) is 12.5 Å². The molecule has 0 aromatic carbocycles. The van der Waals surface area contributed by atoms with Crippen LogP contribution in [0.3, 0.4) is 0 Å². The zero-order valence-corrected chi connectivity index (χ0v) is 11.3. The van der Waals surface area contributed by atoms with Gasteiger partial charge < -0.3 is 9.32 Å². The third-order valence-electron chi connectivity index (χ3n) is 2.55. The van der Waals surface area contributed by atoms with Gasteiger partial charge in [-0.25, -0.2) is 4.98 Å². The molecule has 0 aliphatic rings. The smallest absolute Gasteiger partial charge is 0.258 e. The summed E-state index contributed by atoms with van der Waals surface area (Å²) in [7, 11) is 1.85. The molecular weight excluding hydrogens is 282 g/mol. The molecule has 3 aromatic heterocycles. The second-order valence-electron chi connectivity index (χ2n) is 4.03. The highest BCUT2D eigenvalue weighted by molar-refractivity contribution is 6.28. The molecule has 0 unspecified atom stereocenters. The summed E-state index contributed by atoms with van der Waals surface area (Å²) >= 11 is 5.92. The average molecular weight is 292 g/mol. The van der Waals surface area contributed by atoms with Crippen LogP contribution in [-0.2, 0) is 6.54 Å². The summed E-state index contributed by atoms with van der Waals surface area (Å²) in [4.78, 5) is 18.1. The van der Waals surface area contributed by atoms with Crippen LogP contribution in [0.4, 0.5) is 5.95 Å². The number of anilines is 1. The van der Waals surface area contributed by atoms with E-state index in [9.17, 15) is 0 Å². The molecule has 0 aliphatic heterocycles. The first-order chi connectivity index (χ1) is 9.72. The molecule has 20 heavy (non-hydrogen) atoms. The van der Waals surface area contributed by atoms with Gasteiger partial charge in [0.15, 0.2) is 0 Å². The largest absolute Gasteiger partial charge is 0.472 e. The van der Waals surface area contributed by atoms with Crippen LogP contribution < -0.4 is 4.90 Å². The number of hydrogen-bond acceptors (Lipinski definition) is 7. The van der Waals surface area contributed by atoms with E-state index in [-0.39, 0.29) is 5.28 Å². The van der Waals surface area contributed by atoms with Crippen molar-refractivity contribution in [2.24, 2.45) is 0 Å². The van der Waals surface area contributed by atoms with Gasteiger partial charge in [0.2, 0.25) is 11.2 Å². The van der Waals surface area contributed by atoms with E-state index in [1.165, 1.54) is 17.3 Å². The number of rotatable bonds is 4. The SMILES string of the molecule is CN(Cc1ccoc1)c1nc(Cl)nc(-n2cncn2)n1. The topological polar surface area (TPSA) is 85.8 Å². The zero-order valence-electron chi connectivity index (χ0n) is 10.5. The Balaban J connectivity index is 1.89. The van der Waals surface area contributed by atoms with Crippen molar-refractivity contribution in [2.75, 3.05) is 11.9 Å². The summed E-state index contributed by atoms with van der Waals surface area (Å²) in [5, 5.41) is 4.06. The summed E-state index contributed by atoms with van der Waals surface area (Å²) in [5.41, 5.74) is 1.01. The summed E-state index contributed by atoms with van der Waals surface area (Å²) in [6, 6.07) is 1.87. The molecule has 0 N–H and O–H groups in total. The molecular formula is C11H10ClN7O. The van der Waals surface area contributed by atoms with Gasteiger partial charge in [-0.3, -0.25) is 0 Å². The van der Waals surface area contributed by atoms with E-state index < -0.39 is 0 Å². The lowest BCUT2D eigenvalue weighted by Gasteiger charge is -2.16. The van der Waals surface area contributed by atoms with E-state index in [0.717, 1.165) is 5.56 Å². The highest BCUT2D eigenvalue weighted by Gasteiger charge is 2.12. The average Bonchev–Trinajstić information content (AvgIpc) is 3.11. The van der Waals surface area contributed by atoms with Crippen LogP contribution in [0.5, 0.6) is 0 Å². The van der Waals surface area contributed by atoms with Crippen molar-refractivity contribution >= 4 is 17.5 Å². The normalized spacial score (nSPS) is 10.7. The van der Waals surface area contributed by atoms with Crippen molar-refractivity contribution in [1.82, 2.24) is 29.7 Å². The van der Waals surface area contributed by atoms with Crippen molar-refractivity contribution < 1.29 is 4.42 Å². The van der Waals surface area contributed by atoms with Crippen LogP contribution in [-0.4, -0.2) is 36.8 Å². The van der Waals surface area contributed by atoms with Gasteiger partial charge >= 0.3 is 0 Å². The van der Waals surface area contributed by atoms with Gasteiger partial charge in [0.1, 0.15) is 12.7 Å². The van der Waals surface area contributed by atoms with Crippen LogP contribution in [0.15, 0.2) is 35.7 Å². The lowest BCUT2D eigenvalue weighted by molar-refractivity contribution is 0.563.